The number of methoxy groups -OCH3 is 2. The molecule has 202 valence electrons. The van der Waals surface area contributed by atoms with Gasteiger partial charge in [0.1, 0.15) is 22.5 Å². The lowest BCUT2D eigenvalue weighted by Gasteiger charge is -2.37. The number of aromatic nitrogens is 1. The Morgan fingerprint density at radius 3 is 2.37 bits per heavy atom. The van der Waals surface area contributed by atoms with E-state index in [1.165, 1.54) is 0 Å². The van der Waals surface area contributed by atoms with Gasteiger partial charge in [0.2, 0.25) is 5.91 Å². The number of aryl methyl sites for hydroxylation is 1. The summed E-state index contributed by atoms with van der Waals surface area (Å²) in [6, 6.07) is 15.0. The summed E-state index contributed by atoms with van der Waals surface area (Å²) in [6.07, 6.45) is 4.56. The van der Waals surface area contributed by atoms with Crippen LogP contribution in [0.1, 0.15) is 48.8 Å². The molecule has 2 aromatic carbocycles. The molecular weight excluding hydrogens is 523 g/mol. The Morgan fingerprint density at radius 1 is 0.974 bits per heavy atom. The number of ether oxygens (including phenoxy) is 2. The Hall–Kier alpha value is -3.00. The first-order chi connectivity index (χ1) is 18.3. The smallest absolute Gasteiger partial charge is 0.244 e. The van der Waals surface area contributed by atoms with Crippen molar-refractivity contribution in [3.8, 4) is 11.5 Å². The van der Waals surface area contributed by atoms with Gasteiger partial charge >= 0.3 is 0 Å². The zero-order valence-corrected chi connectivity index (χ0v) is 23.5. The Morgan fingerprint density at radius 2 is 1.71 bits per heavy atom. The summed E-state index contributed by atoms with van der Waals surface area (Å²) in [4.78, 5) is 18.2. The molecule has 3 aromatic rings. The van der Waals surface area contributed by atoms with E-state index in [-0.39, 0.29) is 5.91 Å². The quantitative estimate of drug-likeness (QED) is 0.239. The van der Waals surface area contributed by atoms with Gasteiger partial charge in [-0.15, -0.1) is 0 Å². The molecule has 0 saturated heterocycles. The molecule has 1 aliphatic carbocycles. The van der Waals surface area contributed by atoms with Crippen LogP contribution in [0.25, 0.3) is 0 Å². The maximum absolute atomic E-state index is 13.7. The summed E-state index contributed by atoms with van der Waals surface area (Å²) in [5, 5.41) is 11.0. The van der Waals surface area contributed by atoms with Crippen LogP contribution in [-0.4, -0.2) is 30.6 Å². The van der Waals surface area contributed by atoms with Crippen LogP contribution in [0.3, 0.4) is 0 Å². The number of benzene rings is 2. The number of nitrogens with one attached hydrogen (secondary N) is 3. The van der Waals surface area contributed by atoms with Crippen molar-refractivity contribution in [3.05, 3.63) is 75.4 Å². The van der Waals surface area contributed by atoms with Gasteiger partial charge in [0.05, 0.1) is 24.8 Å². The van der Waals surface area contributed by atoms with E-state index in [4.69, 9.17) is 32.7 Å². The first-order valence-electron chi connectivity index (χ1n) is 12.8. The average Bonchev–Trinajstić information content (AvgIpc) is 2.92. The van der Waals surface area contributed by atoms with Crippen LogP contribution in [0.2, 0.25) is 10.2 Å². The maximum Gasteiger partial charge on any atom is 0.244 e. The molecule has 1 heterocycles. The summed E-state index contributed by atoms with van der Waals surface area (Å²) in [5.41, 5.74) is 3.00. The Balaban J connectivity index is 1.52. The topological polar surface area (TPSA) is 84.5 Å². The summed E-state index contributed by atoms with van der Waals surface area (Å²) < 4.78 is 10.5. The number of hydrogen-bond acceptors (Lipinski definition) is 6. The van der Waals surface area contributed by atoms with Crippen molar-refractivity contribution < 1.29 is 14.3 Å². The minimum Gasteiger partial charge on any atom is -0.497 e. The normalized spacial score (nSPS) is 14.6. The first kappa shape index (κ1) is 28.0. The molecule has 4 rings (SSSR count). The summed E-state index contributed by atoms with van der Waals surface area (Å²) in [7, 11) is 3.21. The van der Waals surface area contributed by atoms with Gasteiger partial charge in [0, 0.05) is 24.3 Å². The van der Waals surface area contributed by atoms with Crippen molar-refractivity contribution in [1.82, 2.24) is 10.3 Å². The minimum absolute atomic E-state index is 0.0641. The Kier molecular flexibility index (Phi) is 9.36. The van der Waals surface area contributed by atoms with Crippen LogP contribution in [-0.2, 0) is 17.9 Å². The van der Waals surface area contributed by atoms with Gasteiger partial charge < -0.3 is 20.1 Å². The summed E-state index contributed by atoms with van der Waals surface area (Å²) in [6.45, 7) is 3.06. The largest absolute Gasteiger partial charge is 0.497 e. The number of rotatable bonds is 10. The van der Waals surface area contributed by atoms with Crippen molar-refractivity contribution >= 4 is 40.6 Å². The number of nitrogens with zero attached hydrogens (tertiary/aromatic N) is 1. The zero-order valence-electron chi connectivity index (χ0n) is 22.0. The zero-order chi connectivity index (χ0) is 27.1. The predicted molar refractivity (Wildman–Crippen MR) is 154 cm³/mol. The number of hydrogen-bond donors (Lipinski definition) is 3. The lowest BCUT2D eigenvalue weighted by molar-refractivity contribution is -0.123. The number of carbonyl (C=O) groups excluding carboxylic acids is 1. The molecule has 1 aromatic heterocycles. The third-order valence-corrected chi connectivity index (χ3v) is 7.58. The molecule has 0 aliphatic heterocycles. The number of carbonyl (C=O) groups is 1. The van der Waals surface area contributed by atoms with Gasteiger partial charge in [-0.05, 0) is 67.3 Å². The highest BCUT2D eigenvalue weighted by Gasteiger charge is 2.39. The van der Waals surface area contributed by atoms with Crippen LogP contribution in [0.5, 0.6) is 11.5 Å². The lowest BCUT2D eigenvalue weighted by Crippen LogP contribution is -2.55. The van der Waals surface area contributed by atoms with Gasteiger partial charge in [0.15, 0.2) is 0 Å². The number of anilines is 2. The summed E-state index contributed by atoms with van der Waals surface area (Å²) >= 11 is 12.6. The highest BCUT2D eigenvalue weighted by molar-refractivity contribution is 6.32. The molecule has 1 saturated carbocycles. The molecule has 0 atom stereocenters. The molecule has 7 nitrogen and oxygen atoms in total. The van der Waals surface area contributed by atoms with Crippen molar-refractivity contribution in [2.45, 2.75) is 57.7 Å². The summed E-state index contributed by atoms with van der Waals surface area (Å²) in [5.74, 6) is 2.01. The maximum atomic E-state index is 13.7. The molecule has 9 heteroatoms. The van der Waals surface area contributed by atoms with Crippen molar-refractivity contribution in [3.63, 3.8) is 0 Å². The Bertz CT molecular complexity index is 1260. The molecule has 0 radical (unpaired) electrons. The highest BCUT2D eigenvalue weighted by atomic mass is 35.5. The van der Waals surface area contributed by atoms with Gasteiger partial charge in [-0.25, -0.2) is 4.98 Å². The van der Waals surface area contributed by atoms with E-state index in [0.717, 1.165) is 54.5 Å². The van der Waals surface area contributed by atoms with E-state index >= 15 is 0 Å². The second kappa shape index (κ2) is 12.7. The number of pyridine rings is 1. The number of amides is 1. The molecule has 1 fully saturated rings. The predicted octanol–water partition coefficient (Wildman–Crippen LogP) is 6.76. The molecule has 3 N–H and O–H groups in total. The highest BCUT2D eigenvalue weighted by Crippen LogP contribution is 2.33. The van der Waals surface area contributed by atoms with Gasteiger partial charge in [-0.3, -0.25) is 10.1 Å². The monoisotopic (exact) mass is 556 g/mol. The third kappa shape index (κ3) is 6.70. The van der Waals surface area contributed by atoms with Crippen molar-refractivity contribution in [2.75, 3.05) is 24.9 Å². The van der Waals surface area contributed by atoms with Crippen LogP contribution in [0.15, 0.2) is 48.5 Å². The molecular formula is C29H34Cl2N4O3. The number of halogens is 2. The third-order valence-electron chi connectivity index (χ3n) is 7.09. The van der Waals surface area contributed by atoms with E-state index < -0.39 is 5.54 Å². The SMILES string of the molecule is COc1ccc(CNc2nc(Cl)cc(C)c2CNC2(C(=O)Nc3ccc(OC)c(Cl)c3)CCCCC2)cc1. The molecule has 0 bridgehead atoms. The van der Waals surface area contributed by atoms with Crippen LogP contribution < -0.4 is 25.4 Å². The van der Waals surface area contributed by atoms with Gasteiger partial charge in [-0.2, -0.15) is 0 Å². The average molecular weight is 558 g/mol. The lowest BCUT2D eigenvalue weighted by atomic mass is 9.80. The fourth-order valence-corrected chi connectivity index (χ4v) is 5.36. The molecule has 1 amide bonds. The second-order valence-corrected chi connectivity index (χ2v) is 10.4. The fraction of sp³-hybridized carbons (Fsp3) is 0.379. The van der Waals surface area contributed by atoms with Crippen LogP contribution in [0.4, 0.5) is 11.5 Å². The van der Waals surface area contributed by atoms with E-state index in [9.17, 15) is 4.79 Å². The molecule has 0 unspecified atom stereocenters. The minimum atomic E-state index is -0.704. The van der Waals surface area contributed by atoms with Crippen LogP contribution >= 0.6 is 23.2 Å². The molecule has 38 heavy (non-hydrogen) atoms. The fourth-order valence-electron chi connectivity index (χ4n) is 4.85. The van der Waals surface area contributed by atoms with Gasteiger partial charge in [-0.1, -0.05) is 54.6 Å². The standard InChI is InChI=1S/C29H34Cl2N4O3/c1-19-15-26(31)35-27(32-17-20-7-10-22(37-2)11-8-20)23(19)18-33-29(13-5-4-6-14-29)28(36)34-21-9-12-25(38-3)24(30)16-21/h7-12,15-16,33H,4-6,13-14,17-18H2,1-3H3,(H,32,35)(H,34,36). The van der Waals surface area contributed by atoms with Gasteiger partial charge in [0.25, 0.3) is 0 Å². The van der Waals surface area contributed by atoms with E-state index in [1.807, 2.05) is 37.3 Å². The Labute approximate surface area is 234 Å². The van der Waals surface area contributed by atoms with E-state index in [0.29, 0.717) is 40.5 Å². The molecule has 1 aliphatic rings. The second-order valence-electron chi connectivity index (χ2n) is 9.59. The van der Waals surface area contributed by atoms with Crippen molar-refractivity contribution in [2.24, 2.45) is 0 Å². The van der Waals surface area contributed by atoms with E-state index in [2.05, 4.69) is 20.9 Å². The van der Waals surface area contributed by atoms with Crippen molar-refractivity contribution in [1.29, 1.82) is 0 Å². The van der Waals surface area contributed by atoms with E-state index in [1.54, 1.807) is 32.4 Å². The first-order valence-corrected chi connectivity index (χ1v) is 13.5. The molecule has 0 spiro atoms. The van der Waals surface area contributed by atoms with Crippen LogP contribution in [0, 0.1) is 6.92 Å².